The van der Waals surface area contributed by atoms with Crippen LogP contribution in [0.1, 0.15) is 38.7 Å². The molecule has 0 saturated carbocycles. The molecular formula is C18H25F2NO3. The molecule has 0 spiro atoms. The first kappa shape index (κ1) is 18.8. The van der Waals surface area contributed by atoms with Gasteiger partial charge in [0.2, 0.25) is 5.91 Å². The van der Waals surface area contributed by atoms with Gasteiger partial charge in [0, 0.05) is 38.0 Å². The van der Waals surface area contributed by atoms with E-state index in [2.05, 4.69) is 5.32 Å². The van der Waals surface area contributed by atoms with Crippen LogP contribution in [0.5, 0.6) is 0 Å². The fourth-order valence-electron chi connectivity index (χ4n) is 3.10. The largest absolute Gasteiger partial charge is 0.396 e. The van der Waals surface area contributed by atoms with E-state index < -0.39 is 17.0 Å². The number of aliphatic hydroxyl groups excluding tert-OH is 1. The third kappa shape index (κ3) is 4.11. The number of carbonyl (C=O) groups excluding carboxylic acids is 1. The number of halogens is 2. The average Bonchev–Trinajstić information content (AvgIpc) is 2.53. The van der Waals surface area contributed by atoms with Crippen molar-refractivity contribution in [2.24, 2.45) is 5.41 Å². The second-order valence-corrected chi connectivity index (χ2v) is 7.14. The van der Waals surface area contributed by atoms with Gasteiger partial charge in [-0.25, -0.2) is 8.78 Å². The number of nitrogens with one attached hydrogen (secondary N) is 1. The van der Waals surface area contributed by atoms with Crippen LogP contribution in [0.4, 0.5) is 8.78 Å². The molecule has 0 atom stereocenters. The molecule has 4 nitrogen and oxygen atoms in total. The molecule has 2 N–H and O–H groups in total. The summed E-state index contributed by atoms with van der Waals surface area (Å²) in [5.41, 5.74) is -1.10. The van der Waals surface area contributed by atoms with Crippen molar-refractivity contribution in [1.82, 2.24) is 5.32 Å². The van der Waals surface area contributed by atoms with Crippen molar-refractivity contribution < 1.29 is 23.4 Å². The molecule has 6 heteroatoms. The molecule has 0 aliphatic carbocycles. The Balaban J connectivity index is 2.26. The van der Waals surface area contributed by atoms with E-state index in [0.29, 0.717) is 39.0 Å². The summed E-state index contributed by atoms with van der Waals surface area (Å²) in [6, 6.07) is 3.35. The summed E-state index contributed by atoms with van der Waals surface area (Å²) in [7, 11) is 0. The maximum atomic E-state index is 14.3. The van der Waals surface area contributed by atoms with E-state index in [1.54, 1.807) is 0 Å². The van der Waals surface area contributed by atoms with E-state index in [0.717, 1.165) is 6.07 Å². The first-order valence-corrected chi connectivity index (χ1v) is 8.23. The molecule has 0 aromatic heterocycles. The van der Waals surface area contributed by atoms with Gasteiger partial charge in [-0.15, -0.1) is 0 Å². The summed E-state index contributed by atoms with van der Waals surface area (Å²) in [6.45, 7) is 5.00. The number of amides is 1. The summed E-state index contributed by atoms with van der Waals surface area (Å²) in [5.74, 6) is -1.65. The number of hydrogen-bond acceptors (Lipinski definition) is 3. The van der Waals surface area contributed by atoms with Crippen LogP contribution in [0, 0.1) is 17.0 Å². The zero-order valence-electron chi connectivity index (χ0n) is 14.2. The Morgan fingerprint density at radius 3 is 2.58 bits per heavy atom. The zero-order chi connectivity index (χ0) is 17.8. The minimum Gasteiger partial charge on any atom is -0.396 e. The molecule has 1 aromatic carbocycles. The first-order chi connectivity index (χ1) is 11.3. The Labute approximate surface area is 141 Å². The highest BCUT2D eigenvalue weighted by Gasteiger charge is 2.43. The fourth-order valence-corrected chi connectivity index (χ4v) is 3.10. The summed E-state index contributed by atoms with van der Waals surface area (Å²) in [6.07, 6.45) is 1.25. The summed E-state index contributed by atoms with van der Waals surface area (Å²) in [5, 5.41) is 12.0. The van der Waals surface area contributed by atoms with Gasteiger partial charge in [-0.2, -0.15) is 0 Å². The second-order valence-electron chi connectivity index (χ2n) is 7.14. The Bertz CT molecular complexity index is 584. The Hall–Kier alpha value is -1.53. The Morgan fingerprint density at radius 1 is 1.33 bits per heavy atom. The molecule has 24 heavy (non-hydrogen) atoms. The SMILES string of the molecule is CC(C)(CCO)CNC(=O)C1(c2ccc(F)cc2F)CCOCC1. The van der Waals surface area contributed by atoms with Crippen LogP contribution in [0.25, 0.3) is 0 Å². The van der Waals surface area contributed by atoms with Gasteiger partial charge in [-0.05, 0) is 30.7 Å². The molecule has 0 radical (unpaired) electrons. The van der Waals surface area contributed by atoms with Crippen LogP contribution >= 0.6 is 0 Å². The highest BCUT2D eigenvalue weighted by molar-refractivity contribution is 5.88. The molecule has 0 unspecified atom stereocenters. The predicted molar refractivity (Wildman–Crippen MR) is 86.6 cm³/mol. The molecular weight excluding hydrogens is 316 g/mol. The highest BCUT2D eigenvalue weighted by atomic mass is 19.1. The normalized spacial score (nSPS) is 17.5. The van der Waals surface area contributed by atoms with Gasteiger partial charge in [-0.1, -0.05) is 19.9 Å². The van der Waals surface area contributed by atoms with Gasteiger partial charge in [0.25, 0.3) is 0 Å². The number of hydrogen-bond donors (Lipinski definition) is 2. The summed E-state index contributed by atoms with van der Waals surface area (Å²) < 4.78 is 32.9. The number of rotatable bonds is 6. The van der Waals surface area contributed by atoms with Crippen molar-refractivity contribution in [3.63, 3.8) is 0 Å². The standard InChI is InChI=1S/C18H25F2NO3/c1-17(2,5-8-22)12-21-16(23)18(6-9-24-10-7-18)14-4-3-13(19)11-15(14)20/h3-4,11,22H,5-10,12H2,1-2H3,(H,21,23). The number of carbonyl (C=O) groups is 1. The zero-order valence-corrected chi connectivity index (χ0v) is 14.2. The predicted octanol–water partition coefficient (Wildman–Crippen LogP) is 2.54. The third-order valence-corrected chi connectivity index (χ3v) is 4.74. The molecule has 1 heterocycles. The van der Waals surface area contributed by atoms with Gasteiger partial charge in [0.15, 0.2) is 0 Å². The maximum Gasteiger partial charge on any atom is 0.230 e. The van der Waals surface area contributed by atoms with E-state index >= 15 is 0 Å². The van der Waals surface area contributed by atoms with Crippen LogP contribution < -0.4 is 5.32 Å². The van der Waals surface area contributed by atoms with Gasteiger partial charge in [0.05, 0.1) is 5.41 Å². The van der Waals surface area contributed by atoms with Crippen molar-refractivity contribution in [3.8, 4) is 0 Å². The van der Waals surface area contributed by atoms with E-state index in [-0.39, 0.29) is 23.5 Å². The van der Waals surface area contributed by atoms with Gasteiger partial charge in [0.1, 0.15) is 11.6 Å². The fraction of sp³-hybridized carbons (Fsp3) is 0.611. The molecule has 2 rings (SSSR count). The molecule has 1 fully saturated rings. The molecule has 1 aliphatic heterocycles. The summed E-state index contributed by atoms with van der Waals surface area (Å²) in [4.78, 5) is 12.9. The number of aliphatic hydroxyl groups is 1. The second kappa shape index (κ2) is 7.57. The van der Waals surface area contributed by atoms with Crippen molar-refractivity contribution >= 4 is 5.91 Å². The van der Waals surface area contributed by atoms with Crippen LogP contribution in [0.3, 0.4) is 0 Å². The van der Waals surface area contributed by atoms with Gasteiger partial charge >= 0.3 is 0 Å². The molecule has 0 bridgehead atoms. The average molecular weight is 341 g/mol. The minimum atomic E-state index is -1.05. The quantitative estimate of drug-likeness (QED) is 0.836. The lowest BCUT2D eigenvalue weighted by molar-refractivity contribution is -0.131. The van der Waals surface area contributed by atoms with Crippen molar-refractivity contribution in [2.45, 2.75) is 38.5 Å². The first-order valence-electron chi connectivity index (χ1n) is 8.23. The van der Waals surface area contributed by atoms with E-state index in [1.807, 2.05) is 13.8 Å². The number of benzene rings is 1. The van der Waals surface area contributed by atoms with E-state index in [9.17, 15) is 13.6 Å². The van der Waals surface area contributed by atoms with Crippen molar-refractivity contribution in [3.05, 3.63) is 35.4 Å². The number of ether oxygens (including phenoxy) is 1. The van der Waals surface area contributed by atoms with E-state index in [1.165, 1.54) is 12.1 Å². The van der Waals surface area contributed by atoms with E-state index in [4.69, 9.17) is 9.84 Å². The lowest BCUT2D eigenvalue weighted by Crippen LogP contribution is -2.50. The smallest absolute Gasteiger partial charge is 0.230 e. The van der Waals surface area contributed by atoms with Crippen molar-refractivity contribution in [1.29, 1.82) is 0 Å². The molecule has 1 saturated heterocycles. The van der Waals surface area contributed by atoms with Gasteiger partial charge in [-0.3, -0.25) is 4.79 Å². The van der Waals surface area contributed by atoms with Crippen LogP contribution in [-0.4, -0.2) is 37.4 Å². The highest BCUT2D eigenvalue weighted by Crippen LogP contribution is 2.37. The molecule has 1 aliphatic rings. The molecule has 134 valence electrons. The maximum absolute atomic E-state index is 14.3. The Kier molecular flexibility index (Phi) is 5.93. The topological polar surface area (TPSA) is 58.6 Å². The minimum absolute atomic E-state index is 0.0362. The van der Waals surface area contributed by atoms with Crippen LogP contribution in [-0.2, 0) is 14.9 Å². The third-order valence-electron chi connectivity index (χ3n) is 4.74. The van der Waals surface area contributed by atoms with Crippen LogP contribution in [0.15, 0.2) is 18.2 Å². The lowest BCUT2D eigenvalue weighted by atomic mass is 9.73. The monoisotopic (exact) mass is 341 g/mol. The van der Waals surface area contributed by atoms with Crippen LogP contribution in [0.2, 0.25) is 0 Å². The summed E-state index contributed by atoms with van der Waals surface area (Å²) >= 11 is 0. The molecule has 1 aromatic rings. The van der Waals surface area contributed by atoms with Crippen molar-refractivity contribution in [2.75, 3.05) is 26.4 Å². The molecule has 1 amide bonds. The Morgan fingerprint density at radius 2 is 2.00 bits per heavy atom. The van der Waals surface area contributed by atoms with Gasteiger partial charge < -0.3 is 15.2 Å². The lowest BCUT2D eigenvalue weighted by Gasteiger charge is -2.37.